The largest absolute Gasteiger partial charge is 0.437 e. The lowest BCUT2D eigenvalue weighted by Crippen LogP contribution is -2.45. The number of alkyl halides is 5. The molecule has 1 fully saturated rings. The molecule has 8 heteroatoms. The van der Waals surface area contributed by atoms with Gasteiger partial charge in [-0.2, -0.15) is 13.2 Å². The molecular formula is C5H5F5O2S. The third-order valence-corrected chi connectivity index (χ3v) is 4.15. The van der Waals surface area contributed by atoms with Crippen LogP contribution in [0.5, 0.6) is 0 Å². The van der Waals surface area contributed by atoms with Gasteiger partial charge in [0, 0.05) is 6.42 Å². The fourth-order valence-electron chi connectivity index (χ4n) is 1.10. The van der Waals surface area contributed by atoms with Crippen molar-refractivity contribution in [3.05, 3.63) is 0 Å². The minimum Gasteiger partial charge on any atom is -0.230 e. The van der Waals surface area contributed by atoms with Gasteiger partial charge in [-0.3, -0.25) is 0 Å². The van der Waals surface area contributed by atoms with Gasteiger partial charge < -0.3 is 0 Å². The predicted octanol–water partition coefficient (Wildman–Crippen LogP) is 1.72. The van der Waals surface area contributed by atoms with Gasteiger partial charge in [0.15, 0.2) is 0 Å². The molecule has 0 bridgehead atoms. The molecule has 1 heterocycles. The Morgan fingerprint density at radius 1 is 1.31 bits per heavy atom. The second kappa shape index (κ2) is 2.55. The summed E-state index contributed by atoms with van der Waals surface area (Å²) in [4.78, 5) is 0. The molecule has 13 heavy (non-hydrogen) atoms. The molecular weight excluding hydrogens is 219 g/mol. The van der Waals surface area contributed by atoms with Crippen molar-refractivity contribution in [2.24, 2.45) is 0 Å². The zero-order valence-electron chi connectivity index (χ0n) is 6.11. The predicted molar refractivity (Wildman–Crippen MR) is 32.9 cm³/mol. The molecule has 1 aliphatic heterocycles. The number of sulfone groups is 1. The lowest BCUT2D eigenvalue weighted by Gasteiger charge is -2.21. The fraction of sp³-hybridized carbons (Fsp3) is 1.00. The van der Waals surface area contributed by atoms with E-state index in [4.69, 9.17) is 0 Å². The number of hydrogen-bond acceptors (Lipinski definition) is 2. The van der Waals surface area contributed by atoms with E-state index in [1.807, 2.05) is 0 Å². The quantitative estimate of drug-likeness (QED) is 0.587. The summed E-state index contributed by atoms with van der Waals surface area (Å²) in [5, 5.41) is -4.40. The SMILES string of the molecule is O=S1(=O)C(F)CCC1(F)C(F)(F)F. The van der Waals surface area contributed by atoms with Crippen LogP contribution in [-0.4, -0.2) is 25.1 Å². The average Bonchev–Trinajstić information content (AvgIpc) is 2.13. The smallest absolute Gasteiger partial charge is 0.230 e. The summed E-state index contributed by atoms with van der Waals surface area (Å²) in [6, 6.07) is 0. The van der Waals surface area contributed by atoms with Crippen molar-refractivity contribution in [1.82, 2.24) is 0 Å². The van der Waals surface area contributed by atoms with Gasteiger partial charge in [0.25, 0.3) is 0 Å². The van der Waals surface area contributed by atoms with Gasteiger partial charge in [-0.15, -0.1) is 0 Å². The Labute approximate surface area is 70.6 Å². The van der Waals surface area contributed by atoms with Crippen LogP contribution in [0.25, 0.3) is 0 Å². The first kappa shape index (κ1) is 10.7. The highest BCUT2D eigenvalue weighted by molar-refractivity contribution is 7.93. The van der Waals surface area contributed by atoms with Crippen molar-refractivity contribution in [3.8, 4) is 0 Å². The first-order valence-electron chi connectivity index (χ1n) is 3.26. The van der Waals surface area contributed by atoms with Crippen molar-refractivity contribution in [2.75, 3.05) is 0 Å². The lowest BCUT2D eigenvalue weighted by atomic mass is 10.2. The Kier molecular flexibility index (Phi) is 2.10. The Hall–Kier alpha value is -0.400. The van der Waals surface area contributed by atoms with Gasteiger partial charge in [-0.1, -0.05) is 0 Å². The molecule has 0 aromatic rings. The van der Waals surface area contributed by atoms with Crippen LogP contribution in [0.15, 0.2) is 0 Å². The first-order valence-corrected chi connectivity index (χ1v) is 4.81. The van der Waals surface area contributed by atoms with E-state index in [-0.39, 0.29) is 0 Å². The van der Waals surface area contributed by atoms with Crippen LogP contribution in [0, 0.1) is 0 Å². The summed E-state index contributed by atoms with van der Waals surface area (Å²) >= 11 is 0. The van der Waals surface area contributed by atoms with E-state index in [0.29, 0.717) is 0 Å². The lowest BCUT2D eigenvalue weighted by molar-refractivity contribution is -0.197. The molecule has 0 aromatic carbocycles. The molecule has 0 saturated carbocycles. The van der Waals surface area contributed by atoms with Gasteiger partial charge in [0.05, 0.1) is 0 Å². The zero-order chi connectivity index (χ0) is 10.5. The van der Waals surface area contributed by atoms with E-state index >= 15 is 0 Å². The maximum absolute atomic E-state index is 12.9. The van der Waals surface area contributed by atoms with Gasteiger partial charge in [-0.25, -0.2) is 17.2 Å². The minimum absolute atomic E-state index is 0.946. The van der Waals surface area contributed by atoms with Crippen LogP contribution in [0.4, 0.5) is 22.0 Å². The van der Waals surface area contributed by atoms with Crippen LogP contribution >= 0.6 is 0 Å². The topological polar surface area (TPSA) is 34.1 Å². The van der Waals surface area contributed by atoms with Crippen LogP contribution in [0.2, 0.25) is 0 Å². The van der Waals surface area contributed by atoms with Gasteiger partial charge in [0.2, 0.25) is 15.3 Å². The summed E-state index contributed by atoms with van der Waals surface area (Å²) in [5.74, 6) is 0. The Morgan fingerprint density at radius 3 is 1.92 bits per heavy atom. The molecule has 1 aliphatic rings. The third-order valence-electron chi connectivity index (χ3n) is 1.90. The van der Waals surface area contributed by atoms with Crippen LogP contribution in [0.3, 0.4) is 0 Å². The summed E-state index contributed by atoms with van der Waals surface area (Å²) in [6.45, 7) is 0. The van der Waals surface area contributed by atoms with Gasteiger partial charge >= 0.3 is 11.2 Å². The highest BCUT2D eigenvalue weighted by Crippen LogP contribution is 2.49. The van der Waals surface area contributed by atoms with Crippen LogP contribution in [0.1, 0.15) is 12.8 Å². The van der Waals surface area contributed by atoms with E-state index in [0.717, 1.165) is 0 Å². The molecule has 2 atom stereocenters. The van der Waals surface area contributed by atoms with E-state index in [2.05, 4.69) is 0 Å². The molecule has 0 aliphatic carbocycles. The molecule has 0 aromatic heterocycles. The Morgan fingerprint density at radius 2 is 1.77 bits per heavy atom. The van der Waals surface area contributed by atoms with Crippen molar-refractivity contribution in [1.29, 1.82) is 0 Å². The molecule has 78 valence electrons. The summed E-state index contributed by atoms with van der Waals surface area (Å²) in [7, 11) is -5.38. The summed E-state index contributed by atoms with van der Waals surface area (Å²) in [6.07, 6.45) is -7.87. The van der Waals surface area contributed by atoms with Crippen molar-refractivity contribution in [3.63, 3.8) is 0 Å². The second-order valence-corrected chi connectivity index (χ2v) is 4.97. The standard InChI is InChI=1S/C5H5F5O2S/c6-3-1-2-4(7,5(8,9)10)13(3,11)12/h3H,1-2H2. The average molecular weight is 224 g/mol. The third kappa shape index (κ3) is 1.22. The number of hydrogen-bond donors (Lipinski definition) is 0. The summed E-state index contributed by atoms with van der Waals surface area (Å²) in [5.41, 5.74) is -2.75. The monoisotopic (exact) mass is 224 g/mol. The maximum atomic E-state index is 12.9. The molecule has 1 rings (SSSR count). The Balaban J connectivity index is 3.22. The number of halogens is 5. The highest BCUT2D eigenvalue weighted by atomic mass is 32.2. The van der Waals surface area contributed by atoms with Crippen LogP contribution in [-0.2, 0) is 9.84 Å². The molecule has 0 radical (unpaired) electrons. The maximum Gasteiger partial charge on any atom is 0.437 e. The minimum atomic E-state index is -5.56. The molecule has 0 spiro atoms. The van der Waals surface area contributed by atoms with Crippen molar-refractivity contribution < 1.29 is 30.4 Å². The van der Waals surface area contributed by atoms with Crippen molar-refractivity contribution >= 4 is 9.84 Å². The normalized spacial score (nSPS) is 39.3. The van der Waals surface area contributed by atoms with E-state index < -0.39 is 39.4 Å². The van der Waals surface area contributed by atoms with Crippen LogP contribution < -0.4 is 0 Å². The molecule has 2 unspecified atom stereocenters. The van der Waals surface area contributed by atoms with E-state index in [1.165, 1.54) is 0 Å². The molecule has 2 nitrogen and oxygen atoms in total. The zero-order valence-corrected chi connectivity index (χ0v) is 6.92. The number of rotatable bonds is 0. The fourth-order valence-corrected chi connectivity index (χ4v) is 2.66. The molecule has 0 N–H and O–H groups in total. The first-order chi connectivity index (χ1) is 5.63. The van der Waals surface area contributed by atoms with Crippen molar-refractivity contribution in [2.45, 2.75) is 29.5 Å². The molecule has 1 saturated heterocycles. The Bertz CT molecular complexity index is 307. The highest BCUT2D eigenvalue weighted by Gasteiger charge is 2.70. The van der Waals surface area contributed by atoms with Gasteiger partial charge in [-0.05, 0) is 6.42 Å². The van der Waals surface area contributed by atoms with Gasteiger partial charge in [0.1, 0.15) is 0 Å². The van der Waals surface area contributed by atoms with E-state index in [9.17, 15) is 30.4 Å². The second-order valence-electron chi connectivity index (χ2n) is 2.72. The molecule has 0 amide bonds. The summed E-state index contributed by atoms with van der Waals surface area (Å²) < 4.78 is 82.2. The van der Waals surface area contributed by atoms with E-state index in [1.54, 1.807) is 0 Å².